The van der Waals surface area contributed by atoms with Gasteiger partial charge in [0.05, 0.1) is 24.7 Å². The summed E-state index contributed by atoms with van der Waals surface area (Å²) in [5, 5.41) is 18.6. The number of carboxylic acid groups (broad SMARTS) is 2. The number of likely N-dealkylation sites (tertiary alicyclic amines) is 1. The molecule has 1 fully saturated rings. The standard InChI is InChI=1S/C13H17ClN2S.C2H2O4/c1-2-8-16-9-6-11(7-10-16)17-13-5-3-4-12(14)15-13;3-1(4)2(5)6/h2-5,11H,1,6-10H2;(H,3,4)(H,5,6). The van der Waals surface area contributed by atoms with Gasteiger partial charge in [-0.05, 0) is 18.2 Å². The number of thioether (sulfide) groups is 1. The van der Waals surface area contributed by atoms with Gasteiger partial charge >= 0.3 is 5.97 Å². The van der Waals surface area contributed by atoms with Crippen LogP contribution in [0.2, 0.25) is 5.15 Å². The zero-order valence-corrected chi connectivity index (χ0v) is 14.1. The number of carboxylic acids is 2. The maximum absolute atomic E-state index is 9.04. The van der Waals surface area contributed by atoms with E-state index in [0.717, 1.165) is 11.6 Å². The van der Waals surface area contributed by atoms with E-state index in [1.54, 1.807) is 4.90 Å². The van der Waals surface area contributed by atoms with Crippen molar-refractivity contribution in [3.8, 4) is 0 Å². The quantitative estimate of drug-likeness (QED) is 0.443. The molecule has 1 aromatic rings. The summed E-state index contributed by atoms with van der Waals surface area (Å²) in [6.07, 6.45) is 4.52. The second-order valence-corrected chi connectivity index (χ2v) is 6.66. The fourth-order valence-electron chi connectivity index (χ4n) is 2.15. The molecular weight excluding hydrogens is 340 g/mol. The molecule has 1 aliphatic rings. The van der Waals surface area contributed by atoms with E-state index >= 15 is 0 Å². The number of carbonyl (C=O) groups is 2. The van der Waals surface area contributed by atoms with Crippen LogP contribution >= 0.6 is 23.4 Å². The van der Waals surface area contributed by atoms with Gasteiger partial charge in [0.15, 0.2) is 5.97 Å². The van der Waals surface area contributed by atoms with Gasteiger partial charge in [0.1, 0.15) is 5.15 Å². The van der Waals surface area contributed by atoms with Gasteiger partial charge in [0.2, 0.25) is 0 Å². The first-order valence-electron chi connectivity index (χ1n) is 7.10. The Bertz CT molecular complexity index is 536. The third-order valence-electron chi connectivity index (χ3n) is 3.22. The lowest BCUT2D eigenvalue weighted by molar-refractivity contribution is -0.898. The van der Waals surface area contributed by atoms with Gasteiger partial charge < -0.3 is 19.9 Å². The molecule has 0 saturated carbocycles. The molecule has 1 aromatic heterocycles. The predicted molar refractivity (Wildman–Crippen MR) is 86.5 cm³/mol. The molecule has 23 heavy (non-hydrogen) atoms. The second kappa shape index (κ2) is 10.3. The Balaban J connectivity index is 0.000000379. The van der Waals surface area contributed by atoms with Gasteiger partial charge in [0, 0.05) is 18.1 Å². The number of halogens is 1. The minimum Gasteiger partial charge on any atom is -0.539 e. The maximum atomic E-state index is 9.04. The third-order valence-corrected chi connectivity index (χ3v) is 4.71. The molecule has 0 unspecified atom stereocenters. The first kappa shape index (κ1) is 19.5. The van der Waals surface area contributed by atoms with Crippen LogP contribution in [0.1, 0.15) is 12.8 Å². The van der Waals surface area contributed by atoms with Crippen LogP contribution in [0.4, 0.5) is 0 Å². The predicted octanol–water partition coefficient (Wildman–Crippen LogP) is -0.119. The number of aliphatic carboxylic acids is 2. The summed E-state index contributed by atoms with van der Waals surface area (Å²) in [6.45, 7) is 7.37. The Morgan fingerprint density at radius 2 is 2.09 bits per heavy atom. The van der Waals surface area contributed by atoms with Crippen LogP contribution < -0.4 is 10.0 Å². The van der Waals surface area contributed by atoms with Gasteiger partial charge in [-0.2, -0.15) is 0 Å². The van der Waals surface area contributed by atoms with Crippen LogP contribution in [0.5, 0.6) is 0 Å². The summed E-state index contributed by atoms with van der Waals surface area (Å²) >= 11 is 7.75. The molecule has 0 radical (unpaired) electrons. The van der Waals surface area contributed by atoms with Crippen LogP contribution in [0.3, 0.4) is 0 Å². The highest BCUT2D eigenvalue weighted by atomic mass is 35.5. The Morgan fingerprint density at radius 3 is 2.57 bits per heavy atom. The number of aromatic nitrogens is 1. The molecule has 1 aliphatic heterocycles. The van der Waals surface area contributed by atoms with Crippen molar-refractivity contribution in [2.45, 2.75) is 23.1 Å². The molecule has 0 aromatic carbocycles. The number of hydrogen-bond acceptors (Lipinski definition) is 5. The first-order valence-corrected chi connectivity index (χ1v) is 8.36. The van der Waals surface area contributed by atoms with Gasteiger partial charge in [-0.3, -0.25) is 0 Å². The molecule has 0 amide bonds. The number of carbonyl (C=O) groups excluding carboxylic acids is 1. The fourth-order valence-corrected chi connectivity index (χ4v) is 3.49. The molecule has 0 aliphatic carbocycles. The molecule has 0 bridgehead atoms. The van der Waals surface area contributed by atoms with Crippen molar-refractivity contribution < 1.29 is 24.7 Å². The molecule has 8 heteroatoms. The highest BCUT2D eigenvalue weighted by Crippen LogP contribution is 2.27. The highest BCUT2D eigenvalue weighted by molar-refractivity contribution is 7.99. The van der Waals surface area contributed by atoms with E-state index in [1.165, 1.54) is 25.9 Å². The van der Waals surface area contributed by atoms with Crippen molar-refractivity contribution >= 4 is 35.3 Å². The summed E-state index contributed by atoms with van der Waals surface area (Å²) in [7, 11) is 0. The zero-order valence-electron chi connectivity index (χ0n) is 12.5. The average Bonchev–Trinajstić information content (AvgIpc) is 2.50. The van der Waals surface area contributed by atoms with Crippen LogP contribution in [-0.2, 0) is 9.59 Å². The van der Waals surface area contributed by atoms with Gasteiger partial charge in [-0.15, -0.1) is 11.8 Å². The average molecular weight is 359 g/mol. The van der Waals surface area contributed by atoms with Gasteiger partial charge in [0.25, 0.3) is 0 Å². The minimum absolute atomic E-state index is 0.588. The van der Waals surface area contributed by atoms with Gasteiger partial charge in [-0.1, -0.05) is 24.2 Å². The number of nitrogens with zero attached hydrogens (tertiary/aromatic N) is 1. The summed E-state index contributed by atoms with van der Waals surface area (Å²) in [5.74, 6) is -4.01. The maximum Gasteiger partial charge on any atom is 0.351 e. The summed E-state index contributed by atoms with van der Waals surface area (Å²) in [4.78, 5) is 24.0. The molecule has 1 saturated heterocycles. The molecule has 6 nitrogen and oxygen atoms in total. The Kier molecular flexibility index (Phi) is 8.68. The van der Waals surface area contributed by atoms with E-state index in [1.807, 2.05) is 36.0 Å². The van der Waals surface area contributed by atoms with Crippen LogP contribution in [-0.4, -0.2) is 46.9 Å². The Labute approximate surface area is 144 Å². The molecule has 2 rings (SSSR count). The van der Waals surface area contributed by atoms with Gasteiger partial charge in [-0.25, -0.2) is 9.78 Å². The first-order chi connectivity index (χ1) is 10.9. The van der Waals surface area contributed by atoms with E-state index in [0.29, 0.717) is 10.4 Å². The lowest BCUT2D eigenvalue weighted by atomic mass is 10.1. The van der Waals surface area contributed by atoms with Crippen LogP contribution in [0.15, 0.2) is 35.9 Å². The molecule has 0 spiro atoms. The SMILES string of the molecule is C=CC[NH+]1CCC(Sc2cccc(Cl)n2)CC1.O=C([O-])C(=O)O. The molecule has 2 N–H and O–H groups in total. The topological polar surface area (TPSA) is 94.8 Å². The molecule has 2 heterocycles. The van der Waals surface area contributed by atoms with E-state index in [-0.39, 0.29) is 0 Å². The highest BCUT2D eigenvalue weighted by Gasteiger charge is 2.22. The largest absolute Gasteiger partial charge is 0.539 e. The Morgan fingerprint density at radius 1 is 1.48 bits per heavy atom. The smallest absolute Gasteiger partial charge is 0.351 e. The number of rotatable bonds is 4. The number of quaternary nitrogens is 1. The van der Waals surface area contributed by atoms with E-state index in [4.69, 9.17) is 31.4 Å². The number of piperidine rings is 1. The normalized spacial score (nSPS) is 20.0. The van der Waals surface area contributed by atoms with Crippen LogP contribution in [0.25, 0.3) is 0 Å². The summed E-state index contributed by atoms with van der Waals surface area (Å²) in [5.41, 5.74) is 0. The monoisotopic (exact) mass is 358 g/mol. The number of hydrogen-bond donors (Lipinski definition) is 2. The lowest BCUT2D eigenvalue weighted by Gasteiger charge is -2.27. The lowest BCUT2D eigenvalue weighted by Crippen LogP contribution is -3.13. The van der Waals surface area contributed by atoms with E-state index < -0.39 is 11.9 Å². The number of pyridine rings is 1. The molecule has 126 valence electrons. The minimum atomic E-state index is -2.07. The number of nitrogens with one attached hydrogen (secondary N) is 1. The van der Waals surface area contributed by atoms with Crippen molar-refractivity contribution in [1.29, 1.82) is 0 Å². The van der Waals surface area contributed by atoms with Crippen LogP contribution in [0, 0.1) is 0 Å². The fraction of sp³-hybridized carbons (Fsp3) is 0.400. The Hall–Kier alpha value is -1.57. The van der Waals surface area contributed by atoms with Crippen molar-refractivity contribution in [2.24, 2.45) is 0 Å². The zero-order chi connectivity index (χ0) is 17.2. The summed E-state index contributed by atoms with van der Waals surface area (Å²) < 4.78 is 0. The van der Waals surface area contributed by atoms with Crippen molar-refractivity contribution in [2.75, 3.05) is 19.6 Å². The third kappa shape index (κ3) is 8.01. The molecular formula is C15H19ClN2O4S. The second-order valence-electron chi connectivity index (χ2n) is 4.95. The van der Waals surface area contributed by atoms with E-state index in [9.17, 15) is 0 Å². The van der Waals surface area contributed by atoms with Crippen molar-refractivity contribution in [1.82, 2.24) is 4.98 Å². The van der Waals surface area contributed by atoms with Crippen molar-refractivity contribution in [3.05, 3.63) is 36.0 Å². The summed E-state index contributed by atoms with van der Waals surface area (Å²) in [6, 6.07) is 5.83. The van der Waals surface area contributed by atoms with Crippen molar-refractivity contribution in [3.63, 3.8) is 0 Å². The van der Waals surface area contributed by atoms with E-state index in [2.05, 4.69) is 11.6 Å². The molecule has 0 atom stereocenters.